The fourth-order valence-corrected chi connectivity index (χ4v) is 3.30. The quantitative estimate of drug-likeness (QED) is 0.401. The zero-order chi connectivity index (χ0) is 20.6. The number of fused-ring (bicyclic) bond motifs is 1. The van der Waals surface area contributed by atoms with Crippen LogP contribution < -0.4 is 11.1 Å². The van der Waals surface area contributed by atoms with Gasteiger partial charge in [-0.25, -0.2) is 9.78 Å². The lowest BCUT2D eigenvalue weighted by molar-refractivity contribution is 0.139. The molecule has 29 heavy (non-hydrogen) atoms. The summed E-state index contributed by atoms with van der Waals surface area (Å²) in [6.45, 7) is 3.09. The molecule has 1 unspecified atom stereocenters. The average molecular weight is 417 g/mol. The Bertz CT molecular complexity index is 947. The summed E-state index contributed by atoms with van der Waals surface area (Å²) in [6.07, 6.45) is 4.60. The Balaban J connectivity index is 1.44. The number of carbonyl (C=O) groups is 1. The minimum Gasteiger partial charge on any atom is -0.450 e. The van der Waals surface area contributed by atoms with E-state index in [0.29, 0.717) is 30.7 Å². The van der Waals surface area contributed by atoms with Crippen molar-refractivity contribution in [1.82, 2.24) is 24.8 Å². The van der Waals surface area contributed by atoms with Gasteiger partial charge in [0, 0.05) is 6.54 Å². The summed E-state index contributed by atoms with van der Waals surface area (Å²) < 4.78 is 7.21. The van der Waals surface area contributed by atoms with Crippen molar-refractivity contribution in [3.63, 3.8) is 0 Å². The summed E-state index contributed by atoms with van der Waals surface area (Å²) in [4.78, 5) is 24.4. The van der Waals surface area contributed by atoms with Crippen LogP contribution in [0.4, 0.5) is 10.6 Å². The van der Waals surface area contributed by atoms with E-state index in [4.69, 9.17) is 22.1 Å². The number of benzene rings is 1. The maximum atomic E-state index is 12.1. The summed E-state index contributed by atoms with van der Waals surface area (Å²) in [5.74, 6) is 0.263. The number of nitrogen functional groups attached to an aromatic ring is 1. The minimum absolute atomic E-state index is 0.0408. The number of halogens is 1. The Morgan fingerprint density at radius 1 is 1.28 bits per heavy atom. The van der Waals surface area contributed by atoms with Gasteiger partial charge >= 0.3 is 6.09 Å². The summed E-state index contributed by atoms with van der Waals surface area (Å²) in [5.41, 5.74) is 8.03. The topological polar surface area (TPSA) is 108 Å². The van der Waals surface area contributed by atoms with Crippen molar-refractivity contribution < 1.29 is 9.53 Å². The Kier molecular flexibility index (Phi) is 7.24. The third-order valence-corrected chi connectivity index (χ3v) is 4.73. The number of unbranched alkanes of at least 4 members (excludes halogenated alkanes) is 1. The number of ether oxygens (including phenoxy) is 1. The van der Waals surface area contributed by atoms with Crippen LogP contribution in [0, 0.1) is 0 Å². The van der Waals surface area contributed by atoms with Crippen LogP contribution in [0.5, 0.6) is 0 Å². The summed E-state index contributed by atoms with van der Waals surface area (Å²) in [6, 6.07) is 9.88. The second-order valence-corrected chi connectivity index (χ2v) is 7.07. The standard InChI is InChI=1S/C20H25ClN6O2/c1-2-8-15(14-9-4-3-5-10-14)24-20(28)29-12-7-6-11-27-13-23-16-17(22)25-19(21)26-18(16)27/h3-5,9-10,13,15H,2,6-8,11-12H2,1H3,(H,24,28)(H2,22,25,26). The van der Waals surface area contributed by atoms with Crippen LogP contribution >= 0.6 is 11.6 Å². The predicted octanol–water partition coefficient (Wildman–Crippen LogP) is 4.11. The van der Waals surface area contributed by atoms with E-state index in [2.05, 4.69) is 27.2 Å². The van der Waals surface area contributed by atoms with Crippen molar-refractivity contribution in [3.05, 3.63) is 47.5 Å². The number of alkyl carbamates (subject to hydrolysis) is 1. The lowest BCUT2D eigenvalue weighted by Crippen LogP contribution is -2.29. The molecule has 0 saturated carbocycles. The van der Waals surface area contributed by atoms with E-state index in [-0.39, 0.29) is 17.1 Å². The van der Waals surface area contributed by atoms with Crippen LogP contribution in [-0.4, -0.2) is 32.2 Å². The number of hydrogen-bond acceptors (Lipinski definition) is 6. The summed E-state index contributed by atoms with van der Waals surface area (Å²) in [5, 5.41) is 3.05. The van der Waals surface area contributed by atoms with Gasteiger partial charge in [0.05, 0.1) is 19.0 Å². The second kappa shape index (κ2) is 10.1. The molecule has 0 aliphatic heterocycles. The molecule has 2 aromatic heterocycles. The highest BCUT2D eigenvalue weighted by atomic mass is 35.5. The van der Waals surface area contributed by atoms with Crippen molar-refractivity contribution in [2.75, 3.05) is 12.3 Å². The van der Waals surface area contributed by atoms with Gasteiger partial charge in [0.15, 0.2) is 11.5 Å². The number of amides is 1. The molecule has 2 heterocycles. The van der Waals surface area contributed by atoms with E-state index in [1.807, 2.05) is 34.9 Å². The number of nitrogens with zero attached hydrogens (tertiary/aromatic N) is 4. The van der Waals surface area contributed by atoms with Crippen LogP contribution in [0.3, 0.4) is 0 Å². The van der Waals surface area contributed by atoms with Gasteiger partial charge in [-0.2, -0.15) is 9.97 Å². The SMILES string of the molecule is CCCC(NC(=O)OCCCCn1cnc2c(N)nc(Cl)nc21)c1ccccc1. The largest absolute Gasteiger partial charge is 0.450 e. The third kappa shape index (κ3) is 5.57. The predicted molar refractivity (Wildman–Crippen MR) is 113 cm³/mol. The van der Waals surface area contributed by atoms with E-state index in [1.165, 1.54) is 0 Å². The summed E-state index contributed by atoms with van der Waals surface area (Å²) in [7, 11) is 0. The first-order valence-corrected chi connectivity index (χ1v) is 10.1. The van der Waals surface area contributed by atoms with Gasteiger partial charge < -0.3 is 20.4 Å². The molecular formula is C20H25ClN6O2. The number of aryl methyl sites for hydroxylation is 1. The van der Waals surface area contributed by atoms with E-state index in [1.54, 1.807) is 6.33 Å². The van der Waals surface area contributed by atoms with Crippen molar-refractivity contribution in [2.24, 2.45) is 0 Å². The van der Waals surface area contributed by atoms with Gasteiger partial charge in [-0.3, -0.25) is 0 Å². The number of anilines is 1. The molecule has 0 aliphatic rings. The molecule has 0 saturated heterocycles. The molecule has 0 spiro atoms. The van der Waals surface area contributed by atoms with Crippen LogP contribution in [-0.2, 0) is 11.3 Å². The third-order valence-electron chi connectivity index (χ3n) is 4.56. The molecule has 1 atom stereocenters. The Labute approximate surface area is 174 Å². The van der Waals surface area contributed by atoms with Gasteiger partial charge in [-0.1, -0.05) is 43.7 Å². The Hall–Kier alpha value is -2.87. The van der Waals surface area contributed by atoms with Crippen LogP contribution in [0.15, 0.2) is 36.7 Å². The molecule has 9 heteroatoms. The van der Waals surface area contributed by atoms with E-state index in [0.717, 1.165) is 24.8 Å². The van der Waals surface area contributed by atoms with Gasteiger partial charge in [-0.15, -0.1) is 0 Å². The lowest BCUT2D eigenvalue weighted by Gasteiger charge is -2.18. The smallest absolute Gasteiger partial charge is 0.407 e. The molecule has 3 aromatic rings. The number of rotatable bonds is 9. The molecule has 8 nitrogen and oxygen atoms in total. The number of aromatic nitrogens is 4. The molecular weight excluding hydrogens is 392 g/mol. The van der Waals surface area contributed by atoms with Gasteiger partial charge in [0.1, 0.15) is 5.52 Å². The Morgan fingerprint density at radius 2 is 2.07 bits per heavy atom. The minimum atomic E-state index is -0.396. The van der Waals surface area contributed by atoms with Crippen LogP contribution in [0.1, 0.15) is 44.2 Å². The molecule has 0 aliphatic carbocycles. The number of carbonyl (C=O) groups excluding carboxylic acids is 1. The molecule has 154 valence electrons. The van der Waals surface area contributed by atoms with E-state index >= 15 is 0 Å². The maximum Gasteiger partial charge on any atom is 0.407 e. The first-order valence-electron chi connectivity index (χ1n) is 9.70. The number of hydrogen-bond donors (Lipinski definition) is 2. The molecule has 3 rings (SSSR count). The molecule has 1 amide bonds. The number of nitrogens with one attached hydrogen (secondary N) is 1. The first kappa shape index (κ1) is 20.9. The normalized spacial score (nSPS) is 12.1. The second-order valence-electron chi connectivity index (χ2n) is 6.73. The average Bonchev–Trinajstić information content (AvgIpc) is 3.11. The van der Waals surface area contributed by atoms with Gasteiger partial charge in [0.2, 0.25) is 5.28 Å². The zero-order valence-corrected chi connectivity index (χ0v) is 17.1. The highest BCUT2D eigenvalue weighted by Crippen LogP contribution is 2.19. The lowest BCUT2D eigenvalue weighted by atomic mass is 10.0. The van der Waals surface area contributed by atoms with Crippen LogP contribution in [0.25, 0.3) is 11.2 Å². The first-order chi connectivity index (χ1) is 14.1. The van der Waals surface area contributed by atoms with Crippen molar-refractivity contribution >= 4 is 34.7 Å². The molecule has 0 bridgehead atoms. The highest BCUT2D eigenvalue weighted by molar-refractivity contribution is 6.28. The monoisotopic (exact) mass is 416 g/mol. The maximum absolute atomic E-state index is 12.1. The van der Waals surface area contributed by atoms with Crippen molar-refractivity contribution in [1.29, 1.82) is 0 Å². The summed E-state index contributed by atoms with van der Waals surface area (Å²) >= 11 is 5.87. The Morgan fingerprint density at radius 3 is 2.83 bits per heavy atom. The van der Waals surface area contributed by atoms with E-state index < -0.39 is 6.09 Å². The molecule has 0 fully saturated rings. The molecule has 0 radical (unpaired) electrons. The number of imidazole rings is 1. The number of nitrogens with two attached hydrogens (primary N) is 1. The van der Waals surface area contributed by atoms with Gasteiger partial charge in [0.25, 0.3) is 0 Å². The fraction of sp³-hybridized carbons (Fsp3) is 0.400. The van der Waals surface area contributed by atoms with E-state index in [9.17, 15) is 4.79 Å². The van der Waals surface area contributed by atoms with Crippen molar-refractivity contribution in [3.8, 4) is 0 Å². The van der Waals surface area contributed by atoms with Gasteiger partial charge in [-0.05, 0) is 36.4 Å². The van der Waals surface area contributed by atoms with Crippen molar-refractivity contribution in [2.45, 2.75) is 45.2 Å². The molecule has 1 aromatic carbocycles. The molecule has 3 N–H and O–H groups in total. The van der Waals surface area contributed by atoms with Crippen LogP contribution in [0.2, 0.25) is 5.28 Å². The highest BCUT2D eigenvalue weighted by Gasteiger charge is 2.14. The zero-order valence-electron chi connectivity index (χ0n) is 16.3. The fourth-order valence-electron chi connectivity index (χ4n) is 3.13.